The SMILES string of the molecule is COc1cccc(CNC2CCC3(CCC(=O)N3CC3CC3)CC2)c1. The van der Waals surface area contributed by atoms with E-state index in [1.165, 1.54) is 44.1 Å². The monoisotopic (exact) mass is 342 g/mol. The number of ether oxygens (including phenoxy) is 1. The second-order valence-corrected chi connectivity index (χ2v) is 8.18. The average Bonchev–Trinajstić information content (AvgIpc) is 3.43. The Hall–Kier alpha value is -1.55. The molecule has 0 bridgehead atoms. The Kier molecular flexibility index (Phi) is 4.72. The summed E-state index contributed by atoms with van der Waals surface area (Å²) in [5.41, 5.74) is 1.46. The lowest BCUT2D eigenvalue weighted by Gasteiger charge is -2.44. The van der Waals surface area contributed by atoms with Gasteiger partial charge in [0, 0.05) is 31.1 Å². The molecule has 0 unspecified atom stereocenters. The van der Waals surface area contributed by atoms with Gasteiger partial charge in [0.15, 0.2) is 0 Å². The number of nitrogens with one attached hydrogen (secondary N) is 1. The summed E-state index contributed by atoms with van der Waals surface area (Å²) in [7, 11) is 1.71. The van der Waals surface area contributed by atoms with E-state index in [9.17, 15) is 4.79 Å². The molecule has 1 amide bonds. The molecule has 0 atom stereocenters. The topological polar surface area (TPSA) is 41.6 Å². The number of amides is 1. The van der Waals surface area contributed by atoms with E-state index in [2.05, 4.69) is 22.3 Å². The fourth-order valence-corrected chi connectivity index (χ4v) is 4.65. The molecular formula is C21H30N2O2. The van der Waals surface area contributed by atoms with Gasteiger partial charge in [-0.25, -0.2) is 0 Å². The highest BCUT2D eigenvalue weighted by atomic mass is 16.5. The van der Waals surface area contributed by atoms with Crippen molar-refractivity contribution in [2.24, 2.45) is 5.92 Å². The highest BCUT2D eigenvalue weighted by molar-refractivity contribution is 5.79. The van der Waals surface area contributed by atoms with Crippen LogP contribution in [0.25, 0.3) is 0 Å². The highest BCUT2D eigenvalue weighted by Gasteiger charge is 2.48. The van der Waals surface area contributed by atoms with Crippen LogP contribution in [-0.4, -0.2) is 36.0 Å². The molecular weight excluding hydrogens is 312 g/mol. The van der Waals surface area contributed by atoms with Gasteiger partial charge in [0.2, 0.25) is 5.91 Å². The van der Waals surface area contributed by atoms with Crippen LogP contribution in [0.1, 0.15) is 56.9 Å². The van der Waals surface area contributed by atoms with Crippen molar-refractivity contribution in [3.8, 4) is 5.75 Å². The average molecular weight is 342 g/mol. The third kappa shape index (κ3) is 3.69. The predicted molar refractivity (Wildman–Crippen MR) is 98.5 cm³/mol. The van der Waals surface area contributed by atoms with Crippen molar-refractivity contribution in [2.75, 3.05) is 13.7 Å². The number of carbonyl (C=O) groups is 1. The number of benzene rings is 1. The van der Waals surface area contributed by atoms with Crippen LogP contribution in [0.2, 0.25) is 0 Å². The largest absolute Gasteiger partial charge is 0.497 e. The van der Waals surface area contributed by atoms with Gasteiger partial charge in [-0.1, -0.05) is 12.1 Å². The van der Waals surface area contributed by atoms with E-state index in [1.54, 1.807) is 7.11 Å². The molecule has 1 aromatic carbocycles. The zero-order chi connectivity index (χ0) is 17.3. The van der Waals surface area contributed by atoms with Crippen LogP contribution in [0.4, 0.5) is 0 Å². The molecule has 4 nitrogen and oxygen atoms in total. The minimum absolute atomic E-state index is 0.188. The normalized spacial score (nSPS) is 29.4. The fourth-order valence-electron chi connectivity index (χ4n) is 4.65. The van der Waals surface area contributed by atoms with Crippen molar-refractivity contribution in [3.05, 3.63) is 29.8 Å². The molecule has 0 radical (unpaired) electrons. The zero-order valence-electron chi connectivity index (χ0n) is 15.3. The first-order chi connectivity index (χ1) is 12.2. The van der Waals surface area contributed by atoms with Gasteiger partial charge in [0.25, 0.3) is 0 Å². The van der Waals surface area contributed by atoms with E-state index >= 15 is 0 Å². The fraction of sp³-hybridized carbons (Fsp3) is 0.667. The van der Waals surface area contributed by atoms with E-state index in [0.717, 1.165) is 37.6 Å². The summed E-state index contributed by atoms with van der Waals surface area (Å²) in [5.74, 6) is 2.12. The minimum atomic E-state index is 0.188. The van der Waals surface area contributed by atoms with Crippen molar-refractivity contribution >= 4 is 5.91 Å². The number of methoxy groups -OCH3 is 1. The number of hydrogen-bond donors (Lipinski definition) is 1. The third-order valence-corrected chi connectivity index (χ3v) is 6.46. The second-order valence-electron chi connectivity index (χ2n) is 8.18. The van der Waals surface area contributed by atoms with E-state index in [-0.39, 0.29) is 5.54 Å². The summed E-state index contributed by atoms with van der Waals surface area (Å²) in [4.78, 5) is 14.6. The lowest BCUT2D eigenvalue weighted by Crippen LogP contribution is -2.51. The van der Waals surface area contributed by atoms with E-state index < -0.39 is 0 Å². The lowest BCUT2D eigenvalue weighted by atomic mass is 9.77. The van der Waals surface area contributed by atoms with Gasteiger partial charge in [0.1, 0.15) is 5.75 Å². The molecule has 4 heteroatoms. The van der Waals surface area contributed by atoms with E-state index in [4.69, 9.17) is 4.74 Å². The van der Waals surface area contributed by atoms with Crippen LogP contribution in [0.15, 0.2) is 24.3 Å². The molecule has 1 spiro atoms. The van der Waals surface area contributed by atoms with Crippen LogP contribution in [0, 0.1) is 5.92 Å². The first kappa shape index (κ1) is 16.9. The van der Waals surface area contributed by atoms with Crippen LogP contribution < -0.4 is 10.1 Å². The molecule has 3 aliphatic rings. The zero-order valence-corrected chi connectivity index (χ0v) is 15.3. The maximum absolute atomic E-state index is 12.4. The Bertz CT molecular complexity index is 618. The van der Waals surface area contributed by atoms with Gasteiger partial charge in [-0.3, -0.25) is 4.79 Å². The van der Waals surface area contributed by atoms with Crippen LogP contribution in [-0.2, 0) is 11.3 Å². The Balaban J connectivity index is 1.31. The van der Waals surface area contributed by atoms with Crippen LogP contribution in [0.3, 0.4) is 0 Å². The number of rotatable bonds is 6. The maximum atomic E-state index is 12.4. The summed E-state index contributed by atoms with van der Waals surface area (Å²) in [6.45, 7) is 1.92. The van der Waals surface area contributed by atoms with Crippen molar-refractivity contribution < 1.29 is 9.53 Å². The summed E-state index contributed by atoms with van der Waals surface area (Å²) < 4.78 is 5.30. The van der Waals surface area contributed by atoms with Crippen molar-refractivity contribution in [2.45, 2.75) is 69.5 Å². The number of nitrogens with zero attached hydrogens (tertiary/aromatic N) is 1. The Morgan fingerprint density at radius 3 is 2.72 bits per heavy atom. The molecule has 2 saturated carbocycles. The number of hydrogen-bond acceptors (Lipinski definition) is 3. The van der Waals surface area contributed by atoms with Gasteiger partial charge >= 0.3 is 0 Å². The first-order valence-corrected chi connectivity index (χ1v) is 9.85. The molecule has 4 rings (SSSR count). The van der Waals surface area contributed by atoms with E-state index in [1.807, 2.05) is 12.1 Å². The molecule has 1 aromatic rings. The van der Waals surface area contributed by atoms with Crippen molar-refractivity contribution in [3.63, 3.8) is 0 Å². The van der Waals surface area contributed by atoms with Gasteiger partial charge in [-0.2, -0.15) is 0 Å². The van der Waals surface area contributed by atoms with Crippen molar-refractivity contribution in [1.29, 1.82) is 0 Å². The lowest BCUT2D eigenvalue weighted by molar-refractivity contribution is -0.132. The van der Waals surface area contributed by atoms with Crippen LogP contribution >= 0.6 is 0 Å². The maximum Gasteiger partial charge on any atom is 0.223 e. The summed E-state index contributed by atoms with van der Waals surface area (Å²) in [5, 5.41) is 3.72. The van der Waals surface area contributed by atoms with E-state index in [0.29, 0.717) is 11.9 Å². The molecule has 1 saturated heterocycles. The second kappa shape index (κ2) is 6.99. The molecule has 1 aliphatic heterocycles. The number of likely N-dealkylation sites (tertiary alicyclic amines) is 1. The van der Waals surface area contributed by atoms with Gasteiger partial charge in [-0.15, -0.1) is 0 Å². The summed E-state index contributed by atoms with van der Waals surface area (Å²) >= 11 is 0. The molecule has 1 N–H and O–H groups in total. The Morgan fingerprint density at radius 2 is 2.00 bits per heavy atom. The van der Waals surface area contributed by atoms with Gasteiger partial charge in [0.05, 0.1) is 7.11 Å². The van der Waals surface area contributed by atoms with Gasteiger partial charge < -0.3 is 15.0 Å². The molecule has 25 heavy (non-hydrogen) atoms. The predicted octanol–water partition coefficient (Wildman–Crippen LogP) is 3.50. The Morgan fingerprint density at radius 1 is 1.20 bits per heavy atom. The molecule has 0 aromatic heterocycles. The first-order valence-electron chi connectivity index (χ1n) is 9.85. The smallest absolute Gasteiger partial charge is 0.223 e. The number of carbonyl (C=O) groups excluding carboxylic acids is 1. The van der Waals surface area contributed by atoms with Gasteiger partial charge in [-0.05, 0) is 68.6 Å². The standard InChI is InChI=1S/C21H30N2O2/c1-25-19-4-2-3-17(13-19)14-22-18-7-10-21(11-8-18)12-9-20(24)23(21)15-16-5-6-16/h2-4,13,16,18,22H,5-12,14-15H2,1H3. The molecule has 2 aliphatic carbocycles. The Labute approximate surface area is 150 Å². The van der Waals surface area contributed by atoms with Crippen LogP contribution in [0.5, 0.6) is 5.75 Å². The minimum Gasteiger partial charge on any atom is -0.497 e. The molecule has 1 heterocycles. The molecule has 3 fully saturated rings. The highest BCUT2D eigenvalue weighted by Crippen LogP contribution is 2.44. The summed E-state index contributed by atoms with van der Waals surface area (Å²) in [6, 6.07) is 8.85. The molecule has 136 valence electrons. The third-order valence-electron chi connectivity index (χ3n) is 6.46. The summed E-state index contributed by atoms with van der Waals surface area (Å²) in [6.07, 6.45) is 9.20. The van der Waals surface area contributed by atoms with Crippen molar-refractivity contribution in [1.82, 2.24) is 10.2 Å². The quantitative estimate of drug-likeness (QED) is 0.860.